The summed E-state index contributed by atoms with van der Waals surface area (Å²) >= 11 is 0. The van der Waals surface area contributed by atoms with Gasteiger partial charge in [-0.3, -0.25) is 0 Å². The van der Waals surface area contributed by atoms with Crippen LogP contribution in [0.5, 0.6) is 23.0 Å². The van der Waals surface area contributed by atoms with Crippen molar-refractivity contribution in [2.75, 3.05) is 36.2 Å². The lowest BCUT2D eigenvalue weighted by Crippen LogP contribution is -2.61. The number of hydrogen-bond donors (Lipinski definition) is 0. The van der Waals surface area contributed by atoms with Gasteiger partial charge in [-0.05, 0) is 102 Å². The molecule has 9 heteroatoms. The van der Waals surface area contributed by atoms with Gasteiger partial charge in [-0.25, -0.2) is 0 Å². The first kappa shape index (κ1) is 33.5. The highest BCUT2D eigenvalue weighted by Gasteiger charge is 2.46. The van der Waals surface area contributed by atoms with Crippen LogP contribution in [-0.2, 0) is 0 Å². The van der Waals surface area contributed by atoms with Crippen LogP contribution in [0.15, 0.2) is 154 Å². The smallest absolute Gasteiger partial charge is 0.252 e. The Hall–Kier alpha value is -7.52. The summed E-state index contributed by atoms with van der Waals surface area (Å²) in [5.74, 6) is 4.51. The van der Waals surface area contributed by atoms with Crippen LogP contribution in [0.1, 0.15) is 5.56 Å². The van der Waals surface area contributed by atoms with E-state index in [1.54, 1.807) is 0 Å². The molecule has 0 aliphatic carbocycles. The molecule has 2 aromatic heterocycles. The molecule has 6 heterocycles. The quantitative estimate of drug-likeness (QED) is 0.164. The van der Waals surface area contributed by atoms with E-state index in [1.807, 2.05) is 48.5 Å². The number of nitrogens with zero attached hydrogens (tertiary/aromatic N) is 2. The summed E-state index contributed by atoms with van der Waals surface area (Å²) in [6, 6.07) is 51.0. The fraction of sp³-hybridized carbons (Fsp3) is 0.0980. The summed E-state index contributed by atoms with van der Waals surface area (Å²) in [5.41, 5.74) is 14.3. The van der Waals surface area contributed by atoms with E-state index in [2.05, 4.69) is 114 Å². The number of rotatable bonds is 4. The lowest BCUT2D eigenvalue weighted by molar-refractivity contribution is 0.171. The molecule has 8 nitrogen and oxygen atoms in total. The molecule has 0 atom stereocenters. The van der Waals surface area contributed by atoms with Gasteiger partial charge >= 0.3 is 0 Å². The zero-order valence-electron chi connectivity index (χ0n) is 32.6. The van der Waals surface area contributed by atoms with Crippen molar-refractivity contribution in [3.05, 3.63) is 151 Å². The molecule has 0 saturated heterocycles. The summed E-state index contributed by atoms with van der Waals surface area (Å²) in [7, 11) is 0. The van der Waals surface area contributed by atoms with Gasteiger partial charge in [0.05, 0.1) is 11.4 Å². The van der Waals surface area contributed by atoms with Crippen LogP contribution in [0.2, 0.25) is 0 Å². The van der Waals surface area contributed by atoms with E-state index >= 15 is 0 Å². The highest BCUT2D eigenvalue weighted by molar-refractivity contribution is 7.00. The standard InChI is InChI=1S/C51H35BN2O6/c1-30-24-40-48-41(25-30)54(38-12-7-15-44-50(38)57-22-20-55-44)49-37(18-19-45-51(49)58-23-21-56-45)52(48)36-17-16-34(47-29-33-9-3-5-14-43(33)60-47)27-39(36)53(40)35-11-6-10-31(26-35)46-28-32-8-2-4-13-42(32)59-46/h2-19,24-29H,20-23H2,1H3. The van der Waals surface area contributed by atoms with Crippen LogP contribution >= 0.6 is 0 Å². The van der Waals surface area contributed by atoms with Crippen molar-refractivity contribution in [2.45, 2.75) is 6.92 Å². The fourth-order valence-electron chi connectivity index (χ4n) is 9.68. The highest BCUT2D eigenvalue weighted by Crippen LogP contribution is 2.53. The van der Waals surface area contributed by atoms with Gasteiger partial charge in [0.1, 0.15) is 49.1 Å². The first-order valence-corrected chi connectivity index (χ1v) is 20.4. The molecule has 4 aliphatic rings. The van der Waals surface area contributed by atoms with Crippen LogP contribution in [-0.4, -0.2) is 33.1 Å². The van der Waals surface area contributed by atoms with Gasteiger partial charge in [-0.15, -0.1) is 0 Å². The predicted molar refractivity (Wildman–Crippen MR) is 238 cm³/mol. The number of hydrogen-bond acceptors (Lipinski definition) is 8. The van der Waals surface area contributed by atoms with Gasteiger partial charge in [0.15, 0.2) is 23.0 Å². The maximum atomic E-state index is 6.59. The topological polar surface area (TPSA) is 69.7 Å². The first-order chi connectivity index (χ1) is 29.6. The lowest BCUT2D eigenvalue weighted by Gasteiger charge is -2.45. The molecular weight excluding hydrogens is 747 g/mol. The number of para-hydroxylation sites is 3. The monoisotopic (exact) mass is 782 g/mol. The fourth-order valence-corrected chi connectivity index (χ4v) is 9.68. The molecule has 9 aromatic rings. The molecule has 0 radical (unpaired) electrons. The van der Waals surface area contributed by atoms with Gasteiger partial charge in [-0.1, -0.05) is 72.8 Å². The van der Waals surface area contributed by atoms with Gasteiger partial charge in [-0.2, -0.15) is 0 Å². The molecule has 0 fully saturated rings. The van der Waals surface area contributed by atoms with Crippen molar-refractivity contribution in [2.24, 2.45) is 0 Å². The average molecular weight is 783 g/mol. The van der Waals surface area contributed by atoms with Crippen molar-refractivity contribution in [3.8, 4) is 45.6 Å². The Bertz CT molecular complexity index is 3170. The van der Waals surface area contributed by atoms with Gasteiger partial charge in [0, 0.05) is 44.6 Å². The zero-order chi connectivity index (χ0) is 39.5. The van der Waals surface area contributed by atoms with Gasteiger partial charge in [0.25, 0.3) is 6.71 Å². The Morgan fingerprint density at radius 1 is 0.467 bits per heavy atom. The number of aryl methyl sites for hydroxylation is 1. The lowest BCUT2D eigenvalue weighted by atomic mass is 9.33. The largest absolute Gasteiger partial charge is 0.486 e. The molecule has 0 bridgehead atoms. The SMILES string of the molecule is Cc1cc2c3c(c1)N(c1cccc4c1OCCO4)c1c(ccc4c1OCCO4)B3c1ccc(-c3cc4ccccc4o3)cc1N2c1cccc(-c2cc3ccccc3o2)c1. The summed E-state index contributed by atoms with van der Waals surface area (Å²) in [5, 5.41) is 2.14. The molecule has 60 heavy (non-hydrogen) atoms. The minimum absolute atomic E-state index is 0.149. The van der Waals surface area contributed by atoms with Crippen molar-refractivity contribution in [3.63, 3.8) is 0 Å². The number of fused-ring (bicyclic) bond motifs is 9. The second kappa shape index (κ2) is 12.7. The van der Waals surface area contributed by atoms with Crippen LogP contribution in [0.3, 0.4) is 0 Å². The third kappa shape index (κ3) is 4.92. The van der Waals surface area contributed by atoms with Crippen molar-refractivity contribution in [1.82, 2.24) is 0 Å². The molecule has 0 unspecified atom stereocenters. The maximum absolute atomic E-state index is 6.59. The van der Waals surface area contributed by atoms with E-state index < -0.39 is 0 Å². The Balaban J connectivity index is 1.09. The van der Waals surface area contributed by atoms with Crippen molar-refractivity contribution < 1.29 is 27.8 Å². The van der Waals surface area contributed by atoms with Gasteiger partial charge in [0.2, 0.25) is 0 Å². The molecule has 4 aliphatic heterocycles. The second-order valence-electron chi connectivity index (χ2n) is 15.8. The first-order valence-electron chi connectivity index (χ1n) is 20.4. The highest BCUT2D eigenvalue weighted by atomic mass is 16.6. The minimum atomic E-state index is -0.149. The molecule has 0 spiro atoms. The summed E-state index contributed by atoms with van der Waals surface area (Å²) < 4.78 is 38.4. The van der Waals surface area contributed by atoms with E-state index in [9.17, 15) is 0 Å². The normalized spacial score (nSPS) is 14.6. The third-order valence-corrected chi connectivity index (χ3v) is 12.2. The van der Waals surface area contributed by atoms with Crippen LogP contribution in [0, 0.1) is 6.92 Å². The Labute approximate surface area is 345 Å². The minimum Gasteiger partial charge on any atom is -0.486 e. The zero-order valence-corrected chi connectivity index (χ0v) is 32.6. The molecule has 0 amide bonds. The van der Waals surface area contributed by atoms with Crippen molar-refractivity contribution in [1.29, 1.82) is 0 Å². The van der Waals surface area contributed by atoms with E-state index in [-0.39, 0.29) is 6.71 Å². The molecule has 288 valence electrons. The number of benzene rings is 7. The number of furan rings is 2. The molecule has 13 rings (SSSR count). The number of ether oxygens (including phenoxy) is 4. The van der Waals surface area contributed by atoms with Gasteiger partial charge < -0.3 is 37.6 Å². The summed E-state index contributed by atoms with van der Waals surface area (Å²) in [6.07, 6.45) is 0. The summed E-state index contributed by atoms with van der Waals surface area (Å²) in [4.78, 5) is 4.73. The van der Waals surface area contributed by atoms with E-state index in [1.165, 1.54) is 5.46 Å². The third-order valence-electron chi connectivity index (χ3n) is 12.2. The molecule has 0 N–H and O–H groups in total. The maximum Gasteiger partial charge on any atom is 0.252 e. The Kier molecular flexibility index (Phi) is 7.10. The molecule has 7 aromatic carbocycles. The number of anilines is 6. The van der Waals surface area contributed by atoms with E-state index in [0.717, 1.165) is 112 Å². The van der Waals surface area contributed by atoms with Crippen LogP contribution in [0.4, 0.5) is 34.1 Å². The van der Waals surface area contributed by atoms with Crippen molar-refractivity contribution >= 4 is 79.2 Å². The van der Waals surface area contributed by atoms with Crippen LogP contribution in [0.25, 0.3) is 44.6 Å². The second-order valence-corrected chi connectivity index (χ2v) is 15.8. The molecular formula is C51H35BN2O6. The average Bonchev–Trinajstić information content (AvgIpc) is 3.94. The summed E-state index contributed by atoms with van der Waals surface area (Å²) in [6.45, 7) is 3.92. The Morgan fingerprint density at radius 2 is 1.10 bits per heavy atom. The van der Waals surface area contributed by atoms with E-state index in [4.69, 9.17) is 27.8 Å². The van der Waals surface area contributed by atoms with E-state index in [0.29, 0.717) is 32.2 Å². The molecule has 0 saturated carbocycles. The van der Waals surface area contributed by atoms with Crippen LogP contribution < -0.4 is 45.1 Å². The predicted octanol–water partition coefficient (Wildman–Crippen LogP) is 10.4. The Morgan fingerprint density at radius 3 is 1.85 bits per heavy atom.